The minimum Gasteiger partial charge on any atom is -0.0885 e. The third kappa shape index (κ3) is 5.74. The SMILES string of the molecule is [CH2]C/C=C/CC(C)C. The van der Waals surface area contributed by atoms with Crippen LogP contribution in [0.3, 0.4) is 0 Å². The Morgan fingerprint density at radius 3 is 2.38 bits per heavy atom. The topological polar surface area (TPSA) is 0 Å². The van der Waals surface area contributed by atoms with Gasteiger partial charge in [0, 0.05) is 0 Å². The summed E-state index contributed by atoms with van der Waals surface area (Å²) in [6.45, 7) is 8.13. The molecule has 0 N–H and O–H groups in total. The van der Waals surface area contributed by atoms with Crippen molar-refractivity contribution in [2.75, 3.05) is 0 Å². The van der Waals surface area contributed by atoms with Crippen LogP contribution in [0.5, 0.6) is 0 Å². The molecule has 0 heterocycles. The van der Waals surface area contributed by atoms with Crippen LogP contribution >= 0.6 is 0 Å². The van der Waals surface area contributed by atoms with E-state index in [1.54, 1.807) is 0 Å². The lowest BCUT2D eigenvalue weighted by atomic mass is 10.1. The molecule has 0 heteroatoms. The molecule has 0 nitrogen and oxygen atoms in total. The van der Waals surface area contributed by atoms with Gasteiger partial charge in [0.15, 0.2) is 0 Å². The van der Waals surface area contributed by atoms with Crippen LogP contribution in [0.1, 0.15) is 26.7 Å². The molecule has 0 fully saturated rings. The first-order valence-electron chi connectivity index (χ1n) is 3.21. The second kappa shape index (κ2) is 4.89. The average molecular weight is 111 g/mol. The summed E-state index contributed by atoms with van der Waals surface area (Å²) in [4.78, 5) is 0. The van der Waals surface area contributed by atoms with E-state index in [2.05, 4.69) is 32.9 Å². The van der Waals surface area contributed by atoms with Crippen LogP contribution in [-0.2, 0) is 0 Å². The van der Waals surface area contributed by atoms with Crippen molar-refractivity contribution >= 4 is 0 Å². The fourth-order valence-electron chi connectivity index (χ4n) is 0.486. The van der Waals surface area contributed by atoms with Crippen molar-refractivity contribution < 1.29 is 0 Å². The van der Waals surface area contributed by atoms with E-state index in [9.17, 15) is 0 Å². The molecular formula is C8H15. The Morgan fingerprint density at radius 1 is 1.38 bits per heavy atom. The highest BCUT2D eigenvalue weighted by Crippen LogP contribution is 1.99. The summed E-state index contributed by atoms with van der Waals surface area (Å²) in [5, 5.41) is 0. The Hall–Kier alpha value is -0.260. The molecule has 0 unspecified atom stereocenters. The van der Waals surface area contributed by atoms with Gasteiger partial charge in [-0.2, -0.15) is 0 Å². The molecule has 0 aromatic rings. The minimum absolute atomic E-state index is 0.790. The van der Waals surface area contributed by atoms with Crippen molar-refractivity contribution in [2.24, 2.45) is 5.92 Å². The third-order valence-electron chi connectivity index (χ3n) is 0.941. The quantitative estimate of drug-likeness (QED) is 0.491. The Bertz CT molecular complexity index is 60.4. The number of rotatable bonds is 3. The maximum atomic E-state index is 3.70. The van der Waals surface area contributed by atoms with Gasteiger partial charge in [-0.05, 0) is 25.7 Å². The van der Waals surface area contributed by atoms with E-state index in [0.717, 1.165) is 12.3 Å². The summed E-state index contributed by atoms with van der Waals surface area (Å²) in [7, 11) is 0. The zero-order chi connectivity index (χ0) is 6.41. The summed E-state index contributed by atoms with van der Waals surface area (Å²) in [5.41, 5.74) is 0. The van der Waals surface area contributed by atoms with E-state index < -0.39 is 0 Å². The molecule has 0 saturated carbocycles. The van der Waals surface area contributed by atoms with E-state index in [0.29, 0.717) is 0 Å². The number of allylic oxidation sites excluding steroid dienone is 2. The predicted molar refractivity (Wildman–Crippen MR) is 38.6 cm³/mol. The van der Waals surface area contributed by atoms with E-state index >= 15 is 0 Å². The van der Waals surface area contributed by atoms with Gasteiger partial charge in [-0.25, -0.2) is 0 Å². The Balaban J connectivity index is 3.03. The van der Waals surface area contributed by atoms with Crippen molar-refractivity contribution in [1.82, 2.24) is 0 Å². The smallest absolute Gasteiger partial charge is 0.0327 e. The van der Waals surface area contributed by atoms with Gasteiger partial charge in [0.1, 0.15) is 0 Å². The molecule has 8 heavy (non-hydrogen) atoms. The minimum atomic E-state index is 0.790. The molecule has 0 aromatic heterocycles. The second-order valence-electron chi connectivity index (χ2n) is 2.39. The van der Waals surface area contributed by atoms with Gasteiger partial charge >= 0.3 is 0 Å². The van der Waals surface area contributed by atoms with Crippen molar-refractivity contribution in [3.8, 4) is 0 Å². The molecule has 0 atom stereocenters. The van der Waals surface area contributed by atoms with Crippen molar-refractivity contribution in [1.29, 1.82) is 0 Å². The Labute approximate surface area is 52.6 Å². The molecule has 0 aliphatic carbocycles. The molecule has 0 bridgehead atoms. The van der Waals surface area contributed by atoms with E-state index in [-0.39, 0.29) is 0 Å². The first-order valence-corrected chi connectivity index (χ1v) is 3.21. The van der Waals surface area contributed by atoms with Crippen molar-refractivity contribution in [3.05, 3.63) is 19.1 Å². The molecule has 0 amide bonds. The van der Waals surface area contributed by atoms with Gasteiger partial charge in [0.2, 0.25) is 0 Å². The number of hydrogen-bond donors (Lipinski definition) is 0. The maximum Gasteiger partial charge on any atom is -0.0327 e. The van der Waals surface area contributed by atoms with Crippen LogP contribution < -0.4 is 0 Å². The zero-order valence-electron chi connectivity index (χ0n) is 5.85. The molecular weight excluding hydrogens is 96.1 g/mol. The van der Waals surface area contributed by atoms with Crippen LogP contribution in [0.15, 0.2) is 12.2 Å². The maximum absolute atomic E-state index is 3.70. The lowest BCUT2D eigenvalue weighted by molar-refractivity contribution is 0.663. The fourth-order valence-corrected chi connectivity index (χ4v) is 0.486. The Kier molecular flexibility index (Phi) is 4.73. The second-order valence-corrected chi connectivity index (χ2v) is 2.39. The van der Waals surface area contributed by atoms with Gasteiger partial charge in [0.05, 0.1) is 0 Å². The predicted octanol–water partition coefficient (Wildman–Crippen LogP) is 2.81. The summed E-state index contributed by atoms with van der Waals surface area (Å²) in [5.74, 6) is 0.790. The molecule has 1 radical (unpaired) electrons. The molecule has 0 saturated heterocycles. The van der Waals surface area contributed by atoms with Crippen LogP contribution in [0, 0.1) is 12.8 Å². The molecule has 0 aromatic carbocycles. The fraction of sp³-hybridized carbons (Fsp3) is 0.625. The number of hydrogen-bond acceptors (Lipinski definition) is 0. The van der Waals surface area contributed by atoms with Crippen molar-refractivity contribution in [2.45, 2.75) is 26.7 Å². The highest BCUT2D eigenvalue weighted by atomic mass is 13.9. The zero-order valence-corrected chi connectivity index (χ0v) is 5.85. The van der Waals surface area contributed by atoms with Gasteiger partial charge in [-0.1, -0.05) is 26.0 Å². The summed E-state index contributed by atoms with van der Waals surface area (Å²) >= 11 is 0. The standard InChI is InChI=1S/C8H15/c1-4-5-6-7-8(2)3/h5-6,8H,1,4,7H2,2-3H3/b6-5+. The molecule has 0 rings (SSSR count). The third-order valence-corrected chi connectivity index (χ3v) is 0.941. The van der Waals surface area contributed by atoms with Crippen LogP contribution in [0.2, 0.25) is 0 Å². The van der Waals surface area contributed by atoms with Crippen molar-refractivity contribution in [3.63, 3.8) is 0 Å². The van der Waals surface area contributed by atoms with Gasteiger partial charge in [0.25, 0.3) is 0 Å². The van der Waals surface area contributed by atoms with Gasteiger partial charge in [-0.15, -0.1) is 0 Å². The molecule has 0 spiro atoms. The van der Waals surface area contributed by atoms with Gasteiger partial charge < -0.3 is 0 Å². The monoisotopic (exact) mass is 111 g/mol. The average Bonchev–Trinajstić information content (AvgIpc) is 1.66. The van der Waals surface area contributed by atoms with E-state index in [4.69, 9.17) is 0 Å². The lowest BCUT2D eigenvalue weighted by Gasteiger charge is -1.94. The highest BCUT2D eigenvalue weighted by Gasteiger charge is 1.84. The normalized spacial score (nSPS) is 11.5. The molecule has 0 aliphatic rings. The van der Waals surface area contributed by atoms with E-state index in [1.165, 1.54) is 6.42 Å². The van der Waals surface area contributed by atoms with Crippen LogP contribution in [-0.4, -0.2) is 0 Å². The first-order chi connectivity index (χ1) is 3.77. The Morgan fingerprint density at radius 2 is 2.00 bits per heavy atom. The largest absolute Gasteiger partial charge is 0.0885 e. The molecule has 47 valence electrons. The van der Waals surface area contributed by atoms with Crippen LogP contribution in [0.25, 0.3) is 0 Å². The highest BCUT2D eigenvalue weighted by molar-refractivity contribution is 4.82. The van der Waals surface area contributed by atoms with Gasteiger partial charge in [-0.3, -0.25) is 0 Å². The summed E-state index contributed by atoms with van der Waals surface area (Å²) in [6, 6.07) is 0. The first kappa shape index (κ1) is 7.74. The van der Waals surface area contributed by atoms with Crippen LogP contribution in [0.4, 0.5) is 0 Å². The summed E-state index contributed by atoms with van der Waals surface area (Å²) in [6.07, 6.45) is 6.42. The van der Waals surface area contributed by atoms with E-state index in [1.807, 2.05) is 0 Å². The lowest BCUT2D eigenvalue weighted by Crippen LogP contribution is -1.80. The summed E-state index contributed by atoms with van der Waals surface area (Å²) < 4.78 is 0. The molecule has 0 aliphatic heterocycles.